The lowest BCUT2D eigenvalue weighted by molar-refractivity contribution is 0.0590. The molecule has 0 aliphatic carbocycles. The first kappa shape index (κ1) is 11.9. The Kier molecular flexibility index (Phi) is 5.40. The molecule has 4 heteroatoms. The predicted octanol–water partition coefficient (Wildman–Crippen LogP) is 0.670. The van der Waals surface area contributed by atoms with Gasteiger partial charge in [0.2, 0.25) is 0 Å². The Balaban J connectivity index is 2.29. The van der Waals surface area contributed by atoms with Crippen LogP contribution in [0.5, 0.6) is 0 Å². The van der Waals surface area contributed by atoms with Crippen LogP contribution >= 0.6 is 0 Å². The molecule has 1 fully saturated rings. The maximum Gasteiger partial charge on any atom is 0.0636 e. The summed E-state index contributed by atoms with van der Waals surface area (Å²) in [7, 11) is 0. The summed E-state index contributed by atoms with van der Waals surface area (Å²) in [6.07, 6.45) is 2.42. The summed E-state index contributed by atoms with van der Waals surface area (Å²) < 4.78 is 11.0. The van der Waals surface area contributed by atoms with Gasteiger partial charge in [-0.3, -0.25) is 11.3 Å². The van der Waals surface area contributed by atoms with E-state index >= 15 is 0 Å². The molecule has 3 atom stereocenters. The largest absolute Gasteiger partial charge is 0.380 e. The third kappa shape index (κ3) is 3.20. The van der Waals surface area contributed by atoms with Crippen molar-refractivity contribution in [1.29, 1.82) is 0 Å². The van der Waals surface area contributed by atoms with Gasteiger partial charge in [-0.1, -0.05) is 6.92 Å². The van der Waals surface area contributed by atoms with Crippen molar-refractivity contribution in [2.75, 3.05) is 19.8 Å². The van der Waals surface area contributed by atoms with Crippen LogP contribution in [-0.2, 0) is 9.47 Å². The lowest BCUT2D eigenvalue weighted by Crippen LogP contribution is -2.46. The van der Waals surface area contributed by atoms with Crippen molar-refractivity contribution < 1.29 is 9.47 Å². The Morgan fingerprint density at radius 1 is 1.64 bits per heavy atom. The summed E-state index contributed by atoms with van der Waals surface area (Å²) in [4.78, 5) is 0. The summed E-state index contributed by atoms with van der Waals surface area (Å²) in [5, 5.41) is 0. The van der Waals surface area contributed by atoms with Crippen LogP contribution in [-0.4, -0.2) is 32.0 Å². The molecule has 0 amide bonds. The normalized spacial score (nSPS) is 29.4. The van der Waals surface area contributed by atoms with Gasteiger partial charge in [-0.2, -0.15) is 0 Å². The van der Waals surface area contributed by atoms with E-state index in [1.165, 1.54) is 0 Å². The van der Waals surface area contributed by atoms with Crippen molar-refractivity contribution in [1.82, 2.24) is 5.43 Å². The Morgan fingerprint density at radius 3 is 2.93 bits per heavy atom. The molecule has 0 saturated carbocycles. The van der Waals surface area contributed by atoms with Crippen molar-refractivity contribution in [3.63, 3.8) is 0 Å². The molecular formula is C10H22N2O2. The molecule has 1 aliphatic rings. The minimum atomic E-state index is 0.221. The Bertz CT molecular complexity index is 155. The third-order valence-electron chi connectivity index (χ3n) is 2.81. The molecule has 0 aromatic heterocycles. The van der Waals surface area contributed by atoms with Gasteiger partial charge in [0.15, 0.2) is 0 Å². The van der Waals surface area contributed by atoms with Crippen LogP contribution in [0.3, 0.4) is 0 Å². The minimum Gasteiger partial charge on any atom is -0.380 e. The van der Waals surface area contributed by atoms with Crippen molar-refractivity contribution in [3.05, 3.63) is 0 Å². The number of nitrogens with one attached hydrogen (secondary N) is 1. The maximum absolute atomic E-state index is 5.51. The van der Waals surface area contributed by atoms with Gasteiger partial charge in [0.05, 0.1) is 12.7 Å². The van der Waals surface area contributed by atoms with Crippen molar-refractivity contribution in [2.24, 2.45) is 11.8 Å². The monoisotopic (exact) mass is 202 g/mol. The van der Waals surface area contributed by atoms with E-state index in [1.54, 1.807) is 0 Å². The first-order chi connectivity index (χ1) is 6.79. The maximum atomic E-state index is 5.51. The standard InChI is InChI=1S/C10H22N2O2/c1-3-5-13-7-10(12-11)9-4-6-14-8(9)2/h8-10,12H,3-7,11H2,1-2H3. The first-order valence-corrected chi connectivity index (χ1v) is 5.45. The van der Waals surface area contributed by atoms with Crippen LogP contribution in [0.2, 0.25) is 0 Å². The van der Waals surface area contributed by atoms with Crippen molar-refractivity contribution in [3.8, 4) is 0 Å². The molecule has 0 radical (unpaired) electrons. The second-order valence-electron chi connectivity index (χ2n) is 3.88. The van der Waals surface area contributed by atoms with Gasteiger partial charge >= 0.3 is 0 Å². The number of ether oxygens (including phenoxy) is 2. The average molecular weight is 202 g/mol. The zero-order chi connectivity index (χ0) is 10.4. The number of rotatable bonds is 6. The van der Waals surface area contributed by atoms with E-state index in [0.717, 1.165) is 26.1 Å². The van der Waals surface area contributed by atoms with Gasteiger partial charge < -0.3 is 9.47 Å². The summed E-state index contributed by atoms with van der Waals surface area (Å²) >= 11 is 0. The molecule has 1 saturated heterocycles. The van der Waals surface area contributed by atoms with E-state index in [2.05, 4.69) is 19.3 Å². The van der Waals surface area contributed by atoms with E-state index in [9.17, 15) is 0 Å². The smallest absolute Gasteiger partial charge is 0.0636 e. The highest BCUT2D eigenvalue weighted by Crippen LogP contribution is 2.23. The zero-order valence-corrected chi connectivity index (χ0v) is 9.16. The molecular weight excluding hydrogens is 180 g/mol. The third-order valence-corrected chi connectivity index (χ3v) is 2.81. The highest BCUT2D eigenvalue weighted by atomic mass is 16.5. The van der Waals surface area contributed by atoms with Gasteiger partial charge in [0.25, 0.3) is 0 Å². The summed E-state index contributed by atoms with van der Waals surface area (Å²) in [6, 6.07) is 0.221. The number of hydrogen-bond acceptors (Lipinski definition) is 4. The summed E-state index contributed by atoms with van der Waals surface area (Å²) in [5.41, 5.74) is 2.83. The van der Waals surface area contributed by atoms with Crippen LogP contribution in [0.1, 0.15) is 26.7 Å². The second-order valence-corrected chi connectivity index (χ2v) is 3.88. The molecule has 1 rings (SSSR count). The van der Waals surface area contributed by atoms with E-state index in [0.29, 0.717) is 18.6 Å². The second kappa shape index (κ2) is 6.35. The molecule has 4 nitrogen and oxygen atoms in total. The van der Waals surface area contributed by atoms with E-state index in [4.69, 9.17) is 15.3 Å². The summed E-state index contributed by atoms with van der Waals surface area (Å²) in [6.45, 7) is 6.54. The Hall–Kier alpha value is -0.160. The Morgan fingerprint density at radius 2 is 2.43 bits per heavy atom. The van der Waals surface area contributed by atoms with Crippen LogP contribution in [0.25, 0.3) is 0 Å². The molecule has 0 bridgehead atoms. The topological polar surface area (TPSA) is 56.5 Å². The molecule has 0 spiro atoms. The van der Waals surface area contributed by atoms with E-state index in [-0.39, 0.29) is 6.04 Å². The van der Waals surface area contributed by atoms with E-state index < -0.39 is 0 Å². The van der Waals surface area contributed by atoms with Gasteiger partial charge in [-0.25, -0.2) is 0 Å². The first-order valence-electron chi connectivity index (χ1n) is 5.45. The lowest BCUT2D eigenvalue weighted by atomic mass is 9.94. The Labute approximate surface area is 86.1 Å². The zero-order valence-electron chi connectivity index (χ0n) is 9.16. The minimum absolute atomic E-state index is 0.221. The van der Waals surface area contributed by atoms with Crippen LogP contribution in [0.4, 0.5) is 0 Å². The molecule has 0 aromatic rings. The molecule has 1 aliphatic heterocycles. The number of nitrogens with two attached hydrogens (primary N) is 1. The average Bonchev–Trinajstić information content (AvgIpc) is 2.60. The molecule has 1 heterocycles. The highest BCUT2D eigenvalue weighted by Gasteiger charge is 2.31. The van der Waals surface area contributed by atoms with Crippen LogP contribution < -0.4 is 11.3 Å². The SMILES string of the molecule is CCCOCC(NN)C1CCOC1C. The van der Waals surface area contributed by atoms with E-state index in [1.807, 2.05) is 0 Å². The van der Waals surface area contributed by atoms with Gasteiger partial charge in [0.1, 0.15) is 0 Å². The van der Waals surface area contributed by atoms with Gasteiger partial charge in [0, 0.05) is 25.2 Å². The number of hydrazine groups is 1. The fourth-order valence-electron chi connectivity index (χ4n) is 1.93. The molecule has 14 heavy (non-hydrogen) atoms. The highest BCUT2D eigenvalue weighted by molar-refractivity contribution is 4.82. The predicted molar refractivity (Wildman–Crippen MR) is 55.7 cm³/mol. The molecule has 3 N–H and O–H groups in total. The quantitative estimate of drug-likeness (QED) is 0.377. The number of hydrogen-bond donors (Lipinski definition) is 2. The van der Waals surface area contributed by atoms with Crippen LogP contribution in [0, 0.1) is 5.92 Å². The van der Waals surface area contributed by atoms with Crippen molar-refractivity contribution in [2.45, 2.75) is 38.8 Å². The van der Waals surface area contributed by atoms with Crippen LogP contribution in [0.15, 0.2) is 0 Å². The summed E-state index contributed by atoms with van der Waals surface area (Å²) in [5.74, 6) is 5.99. The fourth-order valence-corrected chi connectivity index (χ4v) is 1.93. The van der Waals surface area contributed by atoms with Crippen molar-refractivity contribution >= 4 is 0 Å². The fraction of sp³-hybridized carbons (Fsp3) is 1.00. The van der Waals surface area contributed by atoms with Gasteiger partial charge in [-0.05, 0) is 19.8 Å². The van der Waals surface area contributed by atoms with Gasteiger partial charge in [-0.15, -0.1) is 0 Å². The molecule has 0 aromatic carbocycles. The molecule has 3 unspecified atom stereocenters. The molecule has 84 valence electrons. The lowest BCUT2D eigenvalue weighted by Gasteiger charge is -2.24.